The second-order valence-corrected chi connectivity index (χ2v) is 8.79. The molecule has 2 aromatic heterocycles. The topological polar surface area (TPSA) is 110 Å². The van der Waals surface area contributed by atoms with Crippen LogP contribution in [-0.4, -0.2) is 50.5 Å². The molecule has 3 aromatic rings. The molecule has 1 aliphatic rings. The van der Waals surface area contributed by atoms with E-state index in [1.165, 1.54) is 11.3 Å². The minimum Gasteiger partial charge on any atom is -0.444 e. The number of aliphatic hydroxyl groups is 1. The van der Waals surface area contributed by atoms with E-state index >= 15 is 0 Å². The normalized spacial score (nSPS) is 20.1. The maximum Gasteiger partial charge on any atom is 0.234 e. The van der Waals surface area contributed by atoms with Crippen molar-refractivity contribution in [1.82, 2.24) is 15.0 Å². The lowest BCUT2D eigenvalue weighted by atomic mass is 9.91. The second kappa shape index (κ2) is 9.70. The van der Waals surface area contributed by atoms with Crippen molar-refractivity contribution < 1.29 is 23.6 Å². The standard InChI is InChI=1S/C25H29N3O5/c1-4-20(23-10-16(3)27-33-23)25(31)28-13-19(29)11-21(28)22(30)9-15(2)17-5-7-18(8-6-17)24-12-26-14-32-24/h5-8,10,12,14-15,19-21,29H,4,9,11,13H2,1-3H3/t15-,19-,20-,21+/m1/s1. The van der Waals surface area contributed by atoms with E-state index in [1.807, 2.05) is 38.1 Å². The quantitative estimate of drug-likeness (QED) is 0.554. The molecule has 0 aliphatic carbocycles. The summed E-state index contributed by atoms with van der Waals surface area (Å²) < 4.78 is 10.6. The highest BCUT2D eigenvalue weighted by molar-refractivity contribution is 5.92. The molecule has 4 atom stereocenters. The Kier molecular flexibility index (Phi) is 6.74. The van der Waals surface area contributed by atoms with E-state index in [1.54, 1.807) is 19.2 Å². The summed E-state index contributed by atoms with van der Waals surface area (Å²) in [5.74, 6) is 0.380. The molecule has 1 aliphatic heterocycles. The highest BCUT2D eigenvalue weighted by Gasteiger charge is 2.41. The number of hydrogen-bond acceptors (Lipinski definition) is 7. The third-order valence-corrected chi connectivity index (χ3v) is 6.33. The fraction of sp³-hybridized carbons (Fsp3) is 0.440. The number of aliphatic hydroxyl groups excluding tert-OH is 1. The smallest absolute Gasteiger partial charge is 0.234 e. The average Bonchev–Trinajstić information content (AvgIpc) is 3.56. The fourth-order valence-corrected chi connectivity index (χ4v) is 4.50. The van der Waals surface area contributed by atoms with E-state index < -0.39 is 18.1 Å². The highest BCUT2D eigenvalue weighted by atomic mass is 16.5. The van der Waals surface area contributed by atoms with Crippen LogP contribution in [0, 0.1) is 6.92 Å². The van der Waals surface area contributed by atoms with Gasteiger partial charge in [0.15, 0.2) is 17.9 Å². The molecular weight excluding hydrogens is 422 g/mol. The van der Waals surface area contributed by atoms with Gasteiger partial charge in [0.2, 0.25) is 5.91 Å². The van der Waals surface area contributed by atoms with Gasteiger partial charge < -0.3 is 18.9 Å². The minimum atomic E-state index is -0.714. The van der Waals surface area contributed by atoms with Gasteiger partial charge in [0, 0.05) is 31.0 Å². The number of β-amino-alcohol motifs (C(OH)–C–C–N with tert-alkyl or cyclic N) is 1. The molecule has 0 spiro atoms. The molecule has 8 heteroatoms. The monoisotopic (exact) mass is 451 g/mol. The molecule has 1 aromatic carbocycles. The van der Waals surface area contributed by atoms with Crippen molar-refractivity contribution in [2.24, 2.45) is 0 Å². The van der Waals surface area contributed by atoms with E-state index in [-0.39, 0.29) is 37.0 Å². The number of nitrogens with zero attached hydrogens (tertiary/aromatic N) is 3. The average molecular weight is 452 g/mol. The molecule has 0 unspecified atom stereocenters. The van der Waals surface area contributed by atoms with Crippen LogP contribution in [0.4, 0.5) is 0 Å². The first kappa shape index (κ1) is 22.9. The molecule has 4 rings (SSSR count). The van der Waals surface area contributed by atoms with Crippen LogP contribution in [0.5, 0.6) is 0 Å². The Balaban J connectivity index is 1.45. The summed E-state index contributed by atoms with van der Waals surface area (Å²) in [6, 6.07) is 8.94. The number of amides is 1. The van der Waals surface area contributed by atoms with Crippen LogP contribution in [0.1, 0.15) is 62.0 Å². The largest absolute Gasteiger partial charge is 0.444 e. The Morgan fingerprint density at radius 3 is 2.64 bits per heavy atom. The van der Waals surface area contributed by atoms with Gasteiger partial charge in [-0.1, -0.05) is 43.3 Å². The summed E-state index contributed by atoms with van der Waals surface area (Å²) in [6.45, 7) is 5.84. The fourth-order valence-electron chi connectivity index (χ4n) is 4.50. The number of aromatic nitrogens is 2. The van der Waals surface area contributed by atoms with E-state index in [4.69, 9.17) is 8.94 Å². The number of Topliss-reactive ketones (excluding diaryl/α,β-unsaturated/α-hetero) is 1. The van der Waals surface area contributed by atoms with Gasteiger partial charge in [-0.3, -0.25) is 9.59 Å². The Hall–Kier alpha value is -3.26. The minimum absolute atomic E-state index is 0.0325. The number of rotatable bonds is 8. The van der Waals surface area contributed by atoms with Gasteiger partial charge in [0.05, 0.1) is 30.0 Å². The molecule has 174 valence electrons. The van der Waals surface area contributed by atoms with Crippen molar-refractivity contribution in [2.45, 2.75) is 64.0 Å². The Morgan fingerprint density at radius 2 is 2.03 bits per heavy atom. The molecule has 1 saturated heterocycles. The Labute approximate surface area is 192 Å². The van der Waals surface area contributed by atoms with Gasteiger partial charge in [-0.05, 0) is 24.8 Å². The second-order valence-electron chi connectivity index (χ2n) is 8.79. The molecule has 0 saturated carbocycles. The van der Waals surface area contributed by atoms with Crippen molar-refractivity contribution in [2.75, 3.05) is 6.54 Å². The number of carbonyl (C=O) groups is 2. The van der Waals surface area contributed by atoms with Gasteiger partial charge in [0.1, 0.15) is 5.76 Å². The lowest BCUT2D eigenvalue weighted by Crippen LogP contribution is -2.43. The Morgan fingerprint density at radius 1 is 1.27 bits per heavy atom. The maximum absolute atomic E-state index is 13.3. The van der Waals surface area contributed by atoms with Crippen molar-refractivity contribution in [1.29, 1.82) is 0 Å². The van der Waals surface area contributed by atoms with E-state index in [0.29, 0.717) is 23.6 Å². The highest BCUT2D eigenvalue weighted by Crippen LogP contribution is 2.31. The number of aryl methyl sites for hydroxylation is 1. The molecule has 1 N–H and O–H groups in total. The van der Waals surface area contributed by atoms with Crippen molar-refractivity contribution in [3.05, 3.63) is 59.9 Å². The van der Waals surface area contributed by atoms with Gasteiger partial charge in [-0.15, -0.1) is 0 Å². The molecule has 0 radical (unpaired) electrons. The molecular formula is C25H29N3O5. The van der Waals surface area contributed by atoms with Crippen LogP contribution in [0.3, 0.4) is 0 Å². The van der Waals surface area contributed by atoms with Crippen LogP contribution in [0.25, 0.3) is 11.3 Å². The zero-order chi connectivity index (χ0) is 23.5. The first-order valence-electron chi connectivity index (χ1n) is 11.3. The van der Waals surface area contributed by atoms with E-state index in [2.05, 4.69) is 10.1 Å². The summed E-state index contributed by atoms with van der Waals surface area (Å²) >= 11 is 0. The summed E-state index contributed by atoms with van der Waals surface area (Å²) in [5.41, 5.74) is 2.64. The van der Waals surface area contributed by atoms with Gasteiger partial charge in [-0.2, -0.15) is 0 Å². The van der Waals surface area contributed by atoms with Crippen molar-refractivity contribution in [3.8, 4) is 11.3 Å². The van der Waals surface area contributed by atoms with Crippen LogP contribution in [-0.2, 0) is 9.59 Å². The molecule has 1 amide bonds. The van der Waals surface area contributed by atoms with Crippen LogP contribution >= 0.6 is 0 Å². The first-order valence-corrected chi connectivity index (χ1v) is 11.3. The third kappa shape index (κ3) is 4.90. The Bertz CT molecular complexity index is 1090. The van der Waals surface area contributed by atoms with Crippen molar-refractivity contribution in [3.63, 3.8) is 0 Å². The number of hydrogen-bond donors (Lipinski definition) is 1. The predicted octanol–water partition coefficient (Wildman–Crippen LogP) is 3.86. The van der Waals surface area contributed by atoms with Gasteiger partial charge in [-0.25, -0.2) is 4.98 Å². The van der Waals surface area contributed by atoms with Gasteiger partial charge in [0.25, 0.3) is 0 Å². The third-order valence-electron chi connectivity index (χ3n) is 6.33. The zero-order valence-corrected chi connectivity index (χ0v) is 19.1. The first-order chi connectivity index (χ1) is 15.9. The molecule has 0 bridgehead atoms. The maximum atomic E-state index is 13.3. The molecule has 33 heavy (non-hydrogen) atoms. The van der Waals surface area contributed by atoms with Gasteiger partial charge >= 0.3 is 0 Å². The number of oxazole rings is 1. The van der Waals surface area contributed by atoms with Crippen LogP contribution < -0.4 is 0 Å². The summed E-state index contributed by atoms with van der Waals surface area (Å²) in [6.07, 6.45) is 3.39. The number of carbonyl (C=O) groups excluding carboxylic acids is 2. The zero-order valence-electron chi connectivity index (χ0n) is 19.1. The van der Waals surface area contributed by atoms with Crippen LogP contribution in [0.2, 0.25) is 0 Å². The van der Waals surface area contributed by atoms with E-state index in [0.717, 1.165) is 11.1 Å². The summed E-state index contributed by atoms with van der Waals surface area (Å²) in [4.78, 5) is 32.0. The lowest BCUT2D eigenvalue weighted by Gasteiger charge is -2.27. The molecule has 3 heterocycles. The lowest BCUT2D eigenvalue weighted by molar-refractivity contribution is -0.139. The van der Waals surface area contributed by atoms with E-state index in [9.17, 15) is 14.7 Å². The number of ketones is 1. The molecule has 8 nitrogen and oxygen atoms in total. The summed E-state index contributed by atoms with van der Waals surface area (Å²) in [5, 5.41) is 14.2. The van der Waals surface area contributed by atoms with Crippen LogP contribution in [0.15, 0.2) is 51.9 Å². The number of benzene rings is 1. The predicted molar refractivity (Wildman–Crippen MR) is 120 cm³/mol. The summed E-state index contributed by atoms with van der Waals surface area (Å²) in [7, 11) is 0. The SMILES string of the molecule is CC[C@@H](C(=O)N1C[C@H](O)C[C@H]1C(=O)C[C@@H](C)c1ccc(-c2cnco2)cc1)c1cc(C)no1. The number of likely N-dealkylation sites (tertiary alicyclic amines) is 1. The molecule has 1 fully saturated rings. The van der Waals surface area contributed by atoms with Crippen molar-refractivity contribution >= 4 is 11.7 Å².